The Kier molecular flexibility index (Phi) is 2.63. The second-order valence-corrected chi connectivity index (χ2v) is 6.22. The van der Waals surface area contributed by atoms with Crippen molar-refractivity contribution in [2.75, 3.05) is 6.26 Å². The number of sulfone groups is 1. The van der Waals surface area contributed by atoms with Crippen LogP contribution in [0, 0.1) is 0 Å². The van der Waals surface area contributed by atoms with Crippen LogP contribution < -0.4 is 0 Å². The van der Waals surface area contributed by atoms with Crippen molar-refractivity contribution in [1.82, 2.24) is 9.97 Å². The molecule has 4 nitrogen and oxygen atoms in total. The summed E-state index contributed by atoms with van der Waals surface area (Å²) in [7, 11) is -3.24. The molecule has 0 amide bonds. The van der Waals surface area contributed by atoms with Crippen LogP contribution in [0.5, 0.6) is 0 Å². The molecule has 0 fully saturated rings. The van der Waals surface area contributed by atoms with Gasteiger partial charge in [0.25, 0.3) is 0 Å². The van der Waals surface area contributed by atoms with Crippen LogP contribution >= 0.6 is 0 Å². The predicted molar refractivity (Wildman–Crippen MR) is 53.8 cm³/mol. The summed E-state index contributed by atoms with van der Waals surface area (Å²) in [6.07, 6.45) is 3.93. The van der Waals surface area contributed by atoms with Crippen LogP contribution in [-0.2, 0) is 15.3 Å². The fourth-order valence-electron chi connectivity index (χ4n) is 0.895. The van der Waals surface area contributed by atoms with Crippen LogP contribution in [0.15, 0.2) is 17.4 Å². The standard InChI is InChI=1S/C9H14N2O2S/c1-9(2,3)7-5-11-8(6-10-7)14(4,12)13/h5-6H,1-4H3. The molecule has 0 saturated carbocycles. The summed E-state index contributed by atoms with van der Waals surface area (Å²) in [6, 6.07) is 0. The van der Waals surface area contributed by atoms with Gasteiger partial charge in [0, 0.05) is 11.7 Å². The van der Waals surface area contributed by atoms with Gasteiger partial charge in [-0.15, -0.1) is 0 Å². The first-order valence-corrected chi connectivity index (χ1v) is 6.13. The summed E-state index contributed by atoms with van der Waals surface area (Å²) >= 11 is 0. The molecule has 1 aromatic heterocycles. The van der Waals surface area contributed by atoms with Gasteiger partial charge in [-0.1, -0.05) is 20.8 Å². The summed E-state index contributed by atoms with van der Waals surface area (Å²) in [5, 5.41) is 0.0190. The summed E-state index contributed by atoms with van der Waals surface area (Å²) in [4.78, 5) is 7.94. The van der Waals surface area contributed by atoms with Crippen molar-refractivity contribution in [3.05, 3.63) is 18.1 Å². The second kappa shape index (κ2) is 3.31. The van der Waals surface area contributed by atoms with Gasteiger partial charge in [0.05, 0.1) is 18.1 Å². The molecule has 0 saturated heterocycles. The van der Waals surface area contributed by atoms with E-state index in [2.05, 4.69) is 9.97 Å². The average molecular weight is 214 g/mol. The van der Waals surface area contributed by atoms with Gasteiger partial charge in [0.15, 0.2) is 14.9 Å². The molecule has 0 N–H and O–H groups in total. The maximum absolute atomic E-state index is 11.1. The first-order chi connectivity index (χ1) is 6.21. The van der Waals surface area contributed by atoms with Gasteiger partial charge >= 0.3 is 0 Å². The topological polar surface area (TPSA) is 59.9 Å². The zero-order chi connectivity index (χ0) is 11.0. The molecule has 0 spiro atoms. The van der Waals surface area contributed by atoms with Gasteiger partial charge in [-0.2, -0.15) is 0 Å². The lowest BCUT2D eigenvalue weighted by atomic mass is 9.93. The van der Waals surface area contributed by atoms with Gasteiger partial charge in [-0.25, -0.2) is 13.4 Å². The predicted octanol–water partition coefficient (Wildman–Crippen LogP) is 1.18. The molecule has 0 atom stereocenters. The lowest BCUT2D eigenvalue weighted by Crippen LogP contribution is -2.14. The van der Waals surface area contributed by atoms with E-state index in [0.717, 1.165) is 11.9 Å². The average Bonchev–Trinajstić information content (AvgIpc) is 2.01. The van der Waals surface area contributed by atoms with Crippen LogP contribution in [0.3, 0.4) is 0 Å². The van der Waals surface area contributed by atoms with Gasteiger partial charge in [-0.05, 0) is 0 Å². The molecule has 1 rings (SSSR count). The van der Waals surface area contributed by atoms with E-state index >= 15 is 0 Å². The van der Waals surface area contributed by atoms with Crippen LogP contribution in [0.4, 0.5) is 0 Å². The van der Waals surface area contributed by atoms with Crippen LogP contribution in [0.25, 0.3) is 0 Å². The minimum Gasteiger partial charge on any atom is -0.256 e. The number of nitrogens with zero attached hydrogens (tertiary/aromatic N) is 2. The maximum atomic E-state index is 11.1. The minimum atomic E-state index is -3.24. The highest BCUT2D eigenvalue weighted by Crippen LogP contribution is 2.19. The third-order valence-electron chi connectivity index (χ3n) is 1.78. The first-order valence-electron chi connectivity index (χ1n) is 4.24. The van der Waals surface area contributed by atoms with Crippen LogP contribution in [0.2, 0.25) is 0 Å². The molecular weight excluding hydrogens is 200 g/mol. The highest BCUT2D eigenvalue weighted by Gasteiger charge is 2.17. The Labute approximate surface area is 84.3 Å². The third-order valence-corrected chi connectivity index (χ3v) is 2.75. The fourth-order valence-corrected chi connectivity index (χ4v) is 1.38. The Hall–Kier alpha value is -0.970. The molecular formula is C9H14N2O2S. The van der Waals surface area contributed by atoms with Crippen LogP contribution in [0.1, 0.15) is 26.5 Å². The maximum Gasteiger partial charge on any atom is 0.194 e. The van der Waals surface area contributed by atoms with E-state index in [4.69, 9.17) is 0 Å². The zero-order valence-electron chi connectivity index (χ0n) is 8.77. The van der Waals surface area contributed by atoms with Gasteiger partial charge < -0.3 is 0 Å². The van der Waals surface area contributed by atoms with E-state index in [0.29, 0.717) is 0 Å². The van der Waals surface area contributed by atoms with E-state index in [1.54, 1.807) is 0 Å². The number of hydrogen-bond acceptors (Lipinski definition) is 4. The van der Waals surface area contributed by atoms with Gasteiger partial charge in [-0.3, -0.25) is 4.98 Å². The lowest BCUT2D eigenvalue weighted by molar-refractivity contribution is 0.559. The normalized spacial score (nSPS) is 12.9. The van der Waals surface area contributed by atoms with Crippen LogP contribution in [-0.4, -0.2) is 24.6 Å². The third kappa shape index (κ3) is 2.51. The molecule has 0 unspecified atom stereocenters. The van der Waals surface area contributed by atoms with Crippen molar-refractivity contribution in [2.24, 2.45) is 0 Å². The van der Waals surface area contributed by atoms with Gasteiger partial charge in [0.2, 0.25) is 0 Å². The molecule has 0 radical (unpaired) electrons. The molecule has 0 bridgehead atoms. The molecule has 0 aromatic carbocycles. The molecule has 0 aliphatic rings. The number of aromatic nitrogens is 2. The van der Waals surface area contributed by atoms with Crippen molar-refractivity contribution in [1.29, 1.82) is 0 Å². The van der Waals surface area contributed by atoms with E-state index in [-0.39, 0.29) is 10.4 Å². The lowest BCUT2D eigenvalue weighted by Gasteiger charge is -2.16. The number of rotatable bonds is 1. The molecule has 5 heteroatoms. The van der Waals surface area contributed by atoms with Crippen molar-refractivity contribution in [3.8, 4) is 0 Å². The Morgan fingerprint density at radius 1 is 1.14 bits per heavy atom. The zero-order valence-corrected chi connectivity index (χ0v) is 9.59. The quantitative estimate of drug-likeness (QED) is 0.704. The summed E-state index contributed by atoms with van der Waals surface area (Å²) in [5.41, 5.74) is 0.674. The fraction of sp³-hybridized carbons (Fsp3) is 0.556. The van der Waals surface area contributed by atoms with E-state index in [1.807, 2.05) is 20.8 Å². The Morgan fingerprint density at radius 3 is 2.00 bits per heavy atom. The van der Waals surface area contributed by atoms with E-state index in [9.17, 15) is 8.42 Å². The first kappa shape index (κ1) is 11.1. The van der Waals surface area contributed by atoms with Crippen molar-refractivity contribution >= 4 is 9.84 Å². The SMILES string of the molecule is CC(C)(C)c1cnc(S(C)(=O)=O)cn1. The van der Waals surface area contributed by atoms with Crippen molar-refractivity contribution < 1.29 is 8.42 Å². The molecule has 0 aliphatic heterocycles. The smallest absolute Gasteiger partial charge is 0.194 e. The summed E-state index contributed by atoms with van der Waals surface area (Å²) in [5.74, 6) is 0. The molecule has 1 aromatic rings. The molecule has 0 aliphatic carbocycles. The molecule has 78 valence electrons. The van der Waals surface area contributed by atoms with E-state index in [1.165, 1.54) is 12.4 Å². The van der Waals surface area contributed by atoms with Crippen molar-refractivity contribution in [3.63, 3.8) is 0 Å². The Bertz CT molecular complexity index is 415. The van der Waals surface area contributed by atoms with Gasteiger partial charge in [0.1, 0.15) is 0 Å². The second-order valence-electron chi connectivity index (χ2n) is 4.26. The highest BCUT2D eigenvalue weighted by atomic mass is 32.2. The minimum absolute atomic E-state index is 0.0190. The summed E-state index contributed by atoms with van der Waals surface area (Å²) < 4.78 is 22.2. The highest BCUT2D eigenvalue weighted by molar-refractivity contribution is 7.90. The monoisotopic (exact) mass is 214 g/mol. The largest absolute Gasteiger partial charge is 0.256 e. The molecule has 14 heavy (non-hydrogen) atoms. The Morgan fingerprint density at radius 2 is 1.71 bits per heavy atom. The van der Waals surface area contributed by atoms with E-state index < -0.39 is 9.84 Å². The summed E-state index contributed by atoms with van der Waals surface area (Å²) in [6.45, 7) is 5.99. The number of hydrogen-bond donors (Lipinski definition) is 0. The molecule has 1 heterocycles. The Balaban J connectivity index is 3.14. The van der Waals surface area contributed by atoms with Crippen molar-refractivity contribution in [2.45, 2.75) is 31.2 Å².